The zero-order valence-corrected chi connectivity index (χ0v) is 17.2. The second-order valence-electron chi connectivity index (χ2n) is 6.42. The van der Waals surface area contributed by atoms with Crippen molar-refractivity contribution in [2.45, 2.75) is 46.2 Å². The molecule has 0 radical (unpaired) electrons. The molecule has 140 valence electrons. The van der Waals surface area contributed by atoms with Crippen LogP contribution in [-0.2, 0) is 17.8 Å². The molecule has 1 amide bonds. The van der Waals surface area contributed by atoms with Gasteiger partial charge in [-0.05, 0) is 18.8 Å². The van der Waals surface area contributed by atoms with Crippen molar-refractivity contribution in [2.24, 2.45) is 11.7 Å². The van der Waals surface area contributed by atoms with E-state index < -0.39 is 0 Å². The smallest absolute Gasteiger partial charge is 0.239 e. The summed E-state index contributed by atoms with van der Waals surface area (Å²) in [4.78, 5) is 21.2. The van der Waals surface area contributed by atoms with Gasteiger partial charge in [0.2, 0.25) is 5.91 Å². The average molecular weight is 397 g/mol. The van der Waals surface area contributed by atoms with Crippen molar-refractivity contribution >= 4 is 42.1 Å². The molecule has 1 saturated heterocycles. The molecule has 24 heavy (non-hydrogen) atoms. The Kier molecular flexibility index (Phi) is 11.1. The molecule has 2 heterocycles. The zero-order chi connectivity index (χ0) is 16.1. The highest BCUT2D eigenvalue weighted by Crippen LogP contribution is 2.14. The zero-order valence-electron chi connectivity index (χ0n) is 14.7. The number of piperazine rings is 1. The highest BCUT2D eigenvalue weighted by atomic mass is 35.5. The van der Waals surface area contributed by atoms with E-state index >= 15 is 0 Å². The minimum Gasteiger partial charge on any atom is -0.339 e. The maximum Gasteiger partial charge on any atom is 0.239 e. The van der Waals surface area contributed by atoms with Crippen LogP contribution in [0.4, 0.5) is 0 Å². The van der Waals surface area contributed by atoms with Gasteiger partial charge in [-0.1, -0.05) is 20.8 Å². The van der Waals surface area contributed by atoms with E-state index in [9.17, 15) is 4.79 Å². The third-order valence-corrected chi connectivity index (χ3v) is 5.06. The van der Waals surface area contributed by atoms with Gasteiger partial charge in [0.05, 0.1) is 16.7 Å². The number of rotatable bonds is 6. The Morgan fingerprint density at radius 2 is 1.92 bits per heavy atom. The van der Waals surface area contributed by atoms with Gasteiger partial charge >= 0.3 is 0 Å². The van der Waals surface area contributed by atoms with E-state index in [1.54, 1.807) is 11.3 Å². The quantitative estimate of drug-likeness (QED) is 0.802. The topological polar surface area (TPSA) is 62.5 Å². The van der Waals surface area contributed by atoms with E-state index in [0.717, 1.165) is 51.3 Å². The average Bonchev–Trinajstić information content (AvgIpc) is 2.94. The monoisotopic (exact) mass is 396 g/mol. The summed E-state index contributed by atoms with van der Waals surface area (Å²) < 4.78 is 0. The Labute approximate surface area is 161 Å². The predicted octanol–water partition coefficient (Wildman–Crippen LogP) is 2.57. The van der Waals surface area contributed by atoms with Gasteiger partial charge in [0, 0.05) is 38.1 Å². The Morgan fingerprint density at radius 3 is 2.42 bits per heavy atom. The van der Waals surface area contributed by atoms with Crippen molar-refractivity contribution in [3.63, 3.8) is 0 Å². The first-order chi connectivity index (χ1) is 10.5. The maximum atomic E-state index is 12.3. The number of nitrogens with zero attached hydrogens (tertiary/aromatic N) is 3. The predicted molar refractivity (Wildman–Crippen MR) is 105 cm³/mol. The highest BCUT2D eigenvalue weighted by Gasteiger charge is 2.25. The van der Waals surface area contributed by atoms with Crippen LogP contribution in [0.25, 0.3) is 0 Å². The molecule has 0 bridgehead atoms. The second-order valence-corrected chi connectivity index (χ2v) is 7.37. The number of nitrogens with two attached hydrogens (primary N) is 1. The molecule has 1 aromatic rings. The van der Waals surface area contributed by atoms with Crippen LogP contribution in [0.5, 0.6) is 0 Å². The van der Waals surface area contributed by atoms with Crippen LogP contribution in [-0.4, -0.2) is 52.9 Å². The molecule has 0 aromatic carbocycles. The van der Waals surface area contributed by atoms with Crippen molar-refractivity contribution in [1.29, 1.82) is 0 Å². The molecular formula is C16H30Cl2N4OS. The summed E-state index contributed by atoms with van der Waals surface area (Å²) in [5.41, 5.74) is 7.16. The van der Waals surface area contributed by atoms with E-state index in [1.165, 1.54) is 5.01 Å². The summed E-state index contributed by atoms with van der Waals surface area (Å²) >= 11 is 1.73. The molecule has 0 aliphatic carbocycles. The van der Waals surface area contributed by atoms with Crippen LogP contribution >= 0.6 is 36.2 Å². The number of hydrogen-bond acceptors (Lipinski definition) is 5. The third kappa shape index (κ3) is 6.84. The highest BCUT2D eigenvalue weighted by molar-refractivity contribution is 7.09. The van der Waals surface area contributed by atoms with E-state index in [4.69, 9.17) is 5.73 Å². The first-order valence-corrected chi connectivity index (χ1v) is 9.07. The van der Waals surface area contributed by atoms with Crippen LogP contribution < -0.4 is 5.73 Å². The summed E-state index contributed by atoms with van der Waals surface area (Å²) in [6.45, 7) is 10.6. The first-order valence-electron chi connectivity index (χ1n) is 8.19. The normalized spacial score (nSPS) is 16.5. The van der Waals surface area contributed by atoms with Gasteiger partial charge in [-0.15, -0.1) is 36.2 Å². The fourth-order valence-corrected chi connectivity index (χ4v) is 3.52. The molecule has 8 heteroatoms. The van der Waals surface area contributed by atoms with Crippen molar-refractivity contribution in [1.82, 2.24) is 14.8 Å². The number of aromatic nitrogens is 1. The molecule has 1 aromatic heterocycles. The largest absolute Gasteiger partial charge is 0.339 e. The maximum absolute atomic E-state index is 12.3. The molecule has 5 nitrogen and oxygen atoms in total. The molecular weight excluding hydrogens is 367 g/mol. The number of aryl methyl sites for hydroxylation is 1. The molecule has 2 rings (SSSR count). The summed E-state index contributed by atoms with van der Waals surface area (Å²) in [5.74, 6) is 0.563. The number of carbonyl (C=O) groups is 1. The molecule has 1 atom stereocenters. The van der Waals surface area contributed by atoms with Crippen molar-refractivity contribution in [3.05, 3.63) is 16.1 Å². The van der Waals surface area contributed by atoms with Crippen LogP contribution in [0.3, 0.4) is 0 Å². The van der Waals surface area contributed by atoms with Crippen LogP contribution in [0.15, 0.2) is 5.38 Å². The van der Waals surface area contributed by atoms with E-state index in [2.05, 4.69) is 36.0 Å². The third-order valence-electron chi connectivity index (χ3n) is 4.01. The standard InChI is InChI=1S/C16H28N4OS.2ClH/c1-4-15-18-13(11-22-15)10-19-5-7-20(8-6-19)16(21)14(17)9-12(2)3;;/h11-12,14H,4-10,17H2,1-3H3;2*1H/t14-;;/m0../s1. The SMILES string of the molecule is CCc1nc(CN2CCN(C(=O)[C@@H](N)CC(C)C)CC2)cs1.Cl.Cl. The molecule has 1 aliphatic heterocycles. The van der Waals surface area contributed by atoms with Gasteiger partial charge in [0.1, 0.15) is 0 Å². The minimum atomic E-state index is -0.350. The molecule has 2 N–H and O–H groups in total. The second kappa shape index (κ2) is 11.3. The van der Waals surface area contributed by atoms with Crippen LogP contribution in [0.1, 0.15) is 37.9 Å². The Hall–Kier alpha value is -0.400. The van der Waals surface area contributed by atoms with Crippen LogP contribution in [0, 0.1) is 5.92 Å². The summed E-state index contributed by atoms with van der Waals surface area (Å²) in [6.07, 6.45) is 1.76. The lowest BCUT2D eigenvalue weighted by Crippen LogP contribution is -2.53. The Bertz CT molecular complexity index is 490. The van der Waals surface area contributed by atoms with E-state index in [1.807, 2.05) is 4.90 Å². The summed E-state index contributed by atoms with van der Waals surface area (Å²) in [5, 5.41) is 3.35. The minimum absolute atomic E-state index is 0. The number of amides is 1. The van der Waals surface area contributed by atoms with Crippen molar-refractivity contribution in [3.8, 4) is 0 Å². The van der Waals surface area contributed by atoms with Crippen LogP contribution in [0.2, 0.25) is 0 Å². The number of hydrogen-bond donors (Lipinski definition) is 1. The lowest BCUT2D eigenvalue weighted by molar-refractivity contribution is -0.134. The Balaban J connectivity index is 0.00000264. The number of carbonyl (C=O) groups excluding carboxylic acids is 1. The fraction of sp³-hybridized carbons (Fsp3) is 0.750. The molecule has 0 unspecified atom stereocenters. The van der Waals surface area contributed by atoms with E-state index in [0.29, 0.717) is 5.92 Å². The number of thiazole rings is 1. The fourth-order valence-electron chi connectivity index (χ4n) is 2.78. The van der Waals surface area contributed by atoms with Gasteiger partial charge < -0.3 is 10.6 Å². The summed E-state index contributed by atoms with van der Waals surface area (Å²) in [7, 11) is 0. The summed E-state index contributed by atoms with van der Waals surface area (Å²) in [6, 6.07) is -0.350. The molecule has 0 spiro atoms. The van der Waals surface area contributed by atoms with E-state index in [-0.39, 0.29) is 36.8 Å². The van der Waals surface area contributed by atoms with Crippen molar-refractivity contribution in [2.75, 3.05) is 26.2 Å². The lowest BCUT2D eigenvalue weighted by atomic mass is 10.0. The van der Waals surface area contributed by atoms with Gasteiger partial charge in [-0.3, -0.25) is 9.69 Å². The van der Waals surface area contributed by atoms with Gasteiger partial charge in [-0.25, -0.2) is 4.98 Å². The molecule has 1 fully saturated rings. The lowest BCUT2D eigenvalue weighted by Gasteiger charge is -2.35. The first kappa shape index (κ1) is 23.6. The van der Waals surface area contributed by atoms with Gasteiger partial charge in [-0.2, -0.15) is 0 Å². The Morgan fingerprint density at radius 1 is 1.29 bits per heavy atom. The molecule has 1 aliphatic rings. The van der Waals surface area contributed by atoms with Gasteiger partial charge in [0.15, 0.2) is 0 Å². The van der Waals surface area contributed by atoms with Crippen molar-refractivity contribution < 1.29 is 4.79 Å². The molecule has 0 saturated carbocycles. The van der Waals surface area contributed by atoms with Gasteiger partial charge in [0.25, 0.3) is 0 Å². The number of halogens is 2.